The quantitative estimate of drug-likeness (QED) is 0.513. The Kier molecular flexibility index (Phi) is 4.45. The molecule has 0 bridgehead atoms. The average Bonchev–Trinajstić information content (AvgIpc) is 2.31. The van der Waals surface area contributed by atoms with E-state index >= 15 is 0 Å². The van der Waals surface area contributed by atoms with Gasteiger partial charge in [0.1, 0.15) is 17.7 Å². The van der Waals surface area contributed by atoms with Crippen molar-refractivity contribution in [1.29, 1.82) is 10.5 Å². The molecule has 0 spiro atoms. The van der Waals surface area contributed by atoms with E-state index in [2.05, 4.69) is 21.2 Å². The van der Waals surface area contributed by atoms with Gasteiger partial charge in [-0.25, -0.2) is 8.78 Å². The lowest BCUT2D eigenvalue weighted by atomic mass is 10.3. The number of benzene rings is 1. The highest BCUT2D eigenvalue weighted by Gasteiger charge is 2.15. The van der Waals surface area contributed by atoms with Crippen molar-refractivity contribution in [2.24, 2.45) is 0 Å². The number of nitrogens with one attached hydrogen (secondary N) is 1. The Hall–Kier alpha value is -1.63. The number of nitriles is 2. The standard InChI is InChI=1S/C10H3BrClF2N3/c11-8-9(14)7(13)1-6(12)10(8)17-4-5(2-15)3-16/h1,4,17H. The molecule has 0 radical (unpaired) electrons. The number of halogens is 4. The van der Waals surface area contributed by atoms with Crippen molar-refractivity contribution < 1.29 is 8.78 Å². The molecule has 0 saturated heterocycles. The van der Waals surface area contributed by atoms with Gasteiger partial charge in [0.2, 0.25) is 0 Å². The van der Waals surface area contributed by atoms with Crippen molar-refractivity contribution in [2.75, 3.05) is 5.32 Å². The summed E-state index contributed by atoms with van der Waals surface area (Å²) < 4.78 is 25.9. The molecule has 0 aliphatic heterocycles. The van der Waals surface area contributed by atoms with Gasteiger partial charge in [0.25, 0.3) is 0 Å². The summed E-state index contributed by atoms with van der Waals surface area (Å²) in [5.41, 5.74) is -0.189. The summed E-state index contributed by atoms with van der Waals surface area (Å²) in [5.74, 6) is -2.21. The van der Waals surface area contributed by atoms with E-state index < -0.39 is 11.6 Å². The summed E-state index contributed by atoms with van der Waals surface area (Å²) in [7, 11) is 0. The van der Waals surface area contributed by atoms with Crippen LogP contribution >= 0.6 is 27.5 Å². The second-order valence-electron chi connectivity index (χ2n) is 2.77. The molecule has 1 aromatic carbocycles. The zero-order chi connectivity index (χ0) is 13.0. The first-order valence-corrected chi connectivity index (χ1v) is 5.28. The lowest BCUT2D eigenvalue weighted by Crippen LogP contribution is -1.96. The van der Waals surface area contributed by atoms with Crippen LogP contribution in [-0.2, 0) is 0 Å². The van der Waals surface area contributed by atoms with Crippen LogP contribution in [0.4, 0.5) is 14.5 Å². The normalized spacial score (nSPS) is 9.06. The minimum atomic E-state index is -1.11. The fourth-order valence-electron chi connectivity index (χ4n) is 0.932. The smallest absolute Gasteiger partial charge is 0.175 e. The van der Waals surface area contributed by atoms with Gasteiger partial charge in [-0.15, -0.1) is 0 Å². The van der Waals surface area contributed by atoms with Gasteiger partial charge >= 0.3 is 0 Å². The predicted molar refractivity (Wildman–Crippen MR) is 62.0 cm³/mol. The van der Waals surface area contributed by atoms with E-state index in [0.29, 0.717) is 0 Å². The Morgan fingerprint density at radius 3 is 2.53 bits per heavy atom. The first-order chi connectivity index (χ1) is 8.01. The van der Waals surface area contributed by atoms with Gasteiger partial charge in [-0.05, 0) is 22.0 Å². The number of anilines is 1. The lowest BCUT2D eigenvalue weighted by molar-refractivity contribution is 0.505. The molecule has 3 nitrogen and oxygen atoms in total. The van der Waals surface area contributed by atoms with Crippen LogP contribution in [0.5, 0.6) is 0 Å². The third-order valence-corrected chi connectivity index (χ3v) is 2.76. The molecule has 1 N–H and O–H groups in total. The van der Waals surface area contributed by atoms with Gasteiger partial charge in [-0.1, -0.05) is 11.6 Å². The number of allylic oxidation sites excluding steroid dienone is 1. The predicted octanol–water partition coefficient (Wildman–Crippen LogP) is 3.72. The zero-order valence-corrected chi connectivity index (χ0v) is 10.4. The van der Waals surface area contributed by atoms with Crippen LogP contribution in [0.25, 0.3) is 0 Å². The molecule has 0 unspecified atom stereocenters. The number of hydrogen-bond donors (Lipinski definition) is 1. The molecule has 0 heterocycles. The molecular formula is C10H3BrClF2N3. The summed E-state index contributed by atoms with van der Waals surface area (Å²) in [6.45, 7) is 0. The van der Waals surface area contributed by atoms with Gasteiger partial charge in [-0.3, -0.25) is 0 Å². The highest BCUT2D eigenvalue weighted by atomic mass is 79.9. The molecule has 0 amide bonds. The van der Waals surface area contributed by atoms with Crippen LogP contribution in [-0.4, -0.2) is 0 Å². The van der Waals surface area contributed by atoms with Crippen molar-refractivity contribution in [3.63, 3.8) is 0 Å². The molecule has 0 aliphatic carbocycles. The number of hydrogen-bond acceptors (Lipinski definition) is 3. The van der Waals surface area contributed by atoms with E-state index in [1.807, 2.05) is 0 Å². The van der Waals surface area contributed by atoms with Gasteiger partial charge in [0.05, 0.1) is 15.2 Å². The van der Waals surface area contributed by atoms with Gasteiger partial charge in [0.15, 0.2) is 11.6 Å². The van der Waals surface area contributed by atoms with Crippen molar-refractivity contribution in [2.45, 2.75) is 0 Å². The van der Waals surface area contributed by atoms with Crippen molar-refractivity contribution >= 4 is 33.2 Å². The Labute approximate surface area is 109 Å². The molecule has 0 saturated carbocycles. The maximum atomic E-state index is 13.2. The van der Waals surface area contributed by atoms with Crippen molar-refractivity contribution in [1.82, 2.24) is 0 Å². The summed E-state index contributed by atoms with van der Waals surface area (Å²) in [4.78, 5) is 0. The van der Waals surface area contributed by atoms with E-state index in [9.17, 15) is 8.78 Å². The maximum Gasteiger partial charge on any atom is 0.175 e. The second-order valence-corrected chi connectivity index (χ2v) is 3.97. The van der Waals surface area contributed by atoms with E-state index in [4.69, 9.17) is 22.1 Å². The first-order valence-electron chi connectivity index (χ1n) is 4.11. The fourth-order valence-corrected chi connectivity index (χ4v) is 1.81. The van der Waals surface area contributed by atoms with E-state index in [1.165, 1.54) is 0 Å². The molecule has 0 aromatic heterocycles. The van der Waals surface area contributed by atoms with E-state index in [1.54, 1.807) is 12.1 Å². The zero-order valence-electron chi connectivity index (χ0n) is 8.06. The van der Waals surface area contributed by atoms with Gasteiger partial charge < -0.3 is 5.32 Å². The molecular weight excluding hydrogens is 315 g/mol. The number of nitrogens with zero attached hydrogens (tertiary/aromatic N) is 2. The Balaban J connectivity index is 3.18. The summed E-state index contributed by atoms with van der Waals surface area (Å²) in [6, 6.07) is 3.98. The van der Waals surface area contributed by atoms with Crippen LogP contribution < -0.4 is 5.32 Å². The van der Waals surface area contributed by atoms with Crippen LogP contribution in [0.3, 0.4) is 0 Å². The lowest BCUT2D eigenvalue weighted by Gasteiger charge is -2.08. The highest BCUT2D eigenvalue weighted by Crippen LogP contribution is 2.34. The highest BCUT2D eigenvalue weighted by molar-refractivity contribution is 9.10. The van der Waals surface area contributed by atoms with Crippen molar-refractivity contribution in [3.05, 3.63) is 39.0 Å². The summed E-state index contributed by atoms with van der Waals surface area (Å²) in [5, 5.41) is 19.3. The van der Waals surface area contributed by atoms with E-state index in [-0.39, 0.29) is 20.8 Å². The largest absolute Gasteiger partial charge is 0.358 e. The van der Waals surface area contributed by atoms with Crippen LogP contribution in [0.15, 0.2) is 22.3 Å². The Morgan fingerprint density at radius 2 is 2.00 bits per heavy atom. The molecule has 0 atom stereocenters. The molecule has 86 valence electrons. The van der Waals surface area contributed by atoms with Crippen molar-refractivity contribution in [3.8, 4) is 12.1 Å². The molecule has 0 fully saturated rings. The SMILES string of the molecule is N#CC(C#N)=CNc1c(Cl)cc(F)c(F)c1Br. The monoisotopic (exact) mass is 317 g/mol. The molecule has 1 rings (SSSR count). The minimum absolute atomic E-state index is 0.0357. The second kappa shape index (κ2) is 5.62. The molecule has 0 aliphatic rings. The van der Waals surface area contributed by atoms with Gasteiger partial charge in [-0.2, -0.15) is 10.5 Å². The third kappa shape index (κ3) is 2.94. The Morgan fingerprint density at radius 1 is 1.41 bits per heavy atom. The van der Waals surface area contributed by atoms with Crippen LogP contribution in [0, 0.1) is 34.3 Å². The van der Waals surface area contributed by atoms with Crippen LogP contribution in [0.2, 0.25) is 5.02 Å². The molecule has 7 heteroatoms. The Bertz CT molecular complexity index is 556. The average molecular weight is 319 g/mol. The van der Waals surface area contributed by atoms with Crippen LogP contribution in [0.1, 0.15) is 0 Å². The minimum Gasteiger partial charge on any atom is -0.358 e. The molecule has 1 aromatic rings. The fraction of sp³-hybridized carbons (Fsp3) is 0. The topological polar surface area (TPSA) is 59.6 Å². The van der Waals surface area contributed by atoms with E-state index in [0.717, 1.165) is 12.3 Å². The summed E-state index contributed by atoms with van der Waals surface area (Å²) >= 11 is 8.50. The first kappa shape index (κ1) is 13.4. The number of rotatable bonds is 2. The summed E-state index contributed by atoms with van der Waals surface area (Å²) in [6.07, 6.45) is 1.04. The maximum absolute atomic E-state index is 13.2. The van der Waals surface area contributed by atoms with Gasteiger partial charge in [0, 0.05) is 6.20 Å². The third-order valence-electron chi connectivity index (χ3n) is 1.72. The molecule has 17 heavy (non-hydrogen) atoms.